The summed E-state index contributed by atoms with van der Waals surface area (Å²) in [6.45, 7) is 5.49. The fourth-order valence-electron chi connectivity index (χ4n) is 2.24. The van der Waals surface area contributed by atoms with Gasteiger partial charge >= 0.3 is 5.97 Å². The first-order valence-corrected chi connectivity index (χ1v) is 6.74. The zero-order chi connectivity index (χ0) is 14.5. The molecular weight excluding hydrogens is 258 g/mol. The van der Waals surface area contributed by atoms with Gasteiger partial charge in [0.15, 0.2) is 0 Å². The Labute approximate surface area is 118 Å². The molecule has 1 saturated heterocycles. The average Bonchev–Trinajstić information content (AvgIpc) is 2.47. The van der Waals surface area contributed by atoms with Gasteiger partial charge in [0.25, 0.3) is 5.91 Å². The van der Waals surface area contributed by atoms with E-state index in [1.165, 1.54) is 0 Å². The minimum absolute atomic E-state index is 0.157. The number of carbonyl (C=O) groups is 2. The van der Waals surface area contributed by atoms with Crippen molar-refractivity contribution >= 4 is 11.9 Å². The molecule has 1 aromatic heterocycles. The Morgan fingerprint density at radius 1 is 1.55 bits per heavy atom. The number of rotatable bonds is 3. The summed E-state index contributed by atoms with van der Waals surface area (Å²) < 4.78 is 5.04. The molecule has 1 atom stereocenters. The fraction of sp³-hybridized carbons (Fsp3) is 0.500. The molecule has 2 heterocycles. The highest BCUT2D eigenvalue weighted by atomic mass is 16.5. The third-order valence-electron chi connectivity index (χ3n) is 3.21. The minimum atomic E-state index is -0.565. The molecule has 1 aliphatic rings. The lowest BCUT2D eigenvalue weighted by Crippen LogP contribution is -2.57. The van der Waals surface area contributed by atoms with Crippen LogP contribution in [0.3, 0.4) is 0 Å². The smallest absolute Gasteiger partial charge is 0.330 e. The summed E-state index contributed by atoms with van der Waals surface area (Å²) in [7, 11) is 0. The summed E-state index contributed by atoms with van der Waals surface area (Å²) in [5.74, 6) is -0.520. The largest absolute Gasteiger partial charge is 0.464 e. The number of pyridine rings is 1. The van der Waals surface area contributed by atoms with Gasteiger partial charge in [-0.15, -0.1) is 0 Å². The lowest BCUT2D eigenvalue weighted by atomic mass is 10.1. The first-order chi connectivity index (χ1) is 9.63. The van der Waals surface area contributed by atoms with Crippen molar-refractivity contribution in [2.75, 3.05) is 26.2 Å². The van der Waals surface area contributed by atoms with E-state index in [2.05, 4.69) is 10.3 Å². The van der Waals surface area contributed by atoms with Crippen molar-refractivity contribution in [3.8, 4) is 0 Å². The van der Waals surface area contributed by atoms with E-state index >= 15 is 0 Å². The average molecular weight is 277 g/mol. The highest BCUT2D eigenvalue weighted by Gasteiger charge is 2.33. The lowest BCUT2D eigenvalue weighted by Gasteiger charge is -2.34. The Morgan fingerprint density at radius 3 is 3.05 bits per heavy atom. The number of aryl methyl sites for hydroxylation is 1. The van der Waals surface area contributed by atoms with E-state index in [4.69, 9.17) is 4.74 Å². The summed E-state index contributed by atoms with van der Waals surface area (Å²) >= 11 is 0. The molecule has 0 bridgehead atoms. The molecule has 0 aromatic carbocycles. The molecule has 2 rings (SSSR count). The standard InChI is InChI=1S/C14H19N3O3/c1-3-20-14(19)12-9-15-6-7-17(12)13(18)11-4-5-16-10(2)8-11/h4-5,8,12,15H,3,6-7,9H2,1-2H3. The van der Waals surface area contributed by atoms with Gasteiger partial charge in [0.2, 0.25) is 0 Å². The van der Waals surface area contributed by atoms with Crippen molar-refractivity contribution in [3.05, 3.63) is 29.6 Å². The SMILES string of the molecule is CCOC(=O)C1CNCCN1C(=O)c1ccnc(C)c1. The number of hydrogen-bond acceptors (Lipinski definition) is 5. The van der Waals surface area contributed by atoms with Crippen LogP contribution in [0.15, 0.2) is 18.3 Å². The molecule has 0 aliphatic carbocycles. The first kappa shape index (κ1) is 14.5. The van der Waals surface area contributed by atoms with E-state index in [0.717, 1.165) is 5.69 Å². The normalized spacial score (nSPS) is 18.7. The number of hydrogen-bond donors (Lipinski definition) is 1. The number of aromatic nitrogens is 1. The van der Waals surface area contributed by atoms with Crippen LogP contribution in [0.1, 0.15) is 23.0 Å². The lowest BCUT2D eigenvalue weighted by molar-refractivity contribution is -0.149. The van der Waals surface area contributed by atoms with Gasteiger partial charge in [-0.25, -0.2) is 4.79 Å². The number of piperazine rings is 1. The van der Waals surface area contributed by atoms with Gasteiger partial charge in [0.05, 0.1) is 6.61 Å². The second-order valence-electron chi connectivity index (χ2n) is 4.66. The van der Waals surface area contributed by atoms with Gasteiger partial charge in [-0.05, 0) is 26.0 Å². The molecule has 0 radical (unpaired) electrons. The Hall–Kier alpha value is -1.95. The number of nitrogens with one attached hydrogen (secondary N) is 1. The van der Waals surface area contributed by atoms with Crippen molar-refractivity contribution in [1.29, 1.82) is 0 Å². The van der Waals surface area contributed by atoms with Crippen LogP contribution in [-0.4, -0.2) is 54.0 Å². The maximum Gasteiger partial charge on any atom is 0.330 e. The van der Waals surface area contributed by atoms with Gasteiger partial charge in [-0.1, -0.05) is 0 Å². The maximum atomic E-state index is 12.5. The van der Waals surface area contributed by atoms with Crippen LogP contribution < -0.4 is 5.32 Å². The Kier molecular flexibility index (Phi) is 4.68. The van der Waals surface area contributed by atoms with Crippen LogP contribution in [-0.2, 0) is 9.53 Å². The molecule has 0 saturated carbocycles. The highest BCUT2D eigenvalue weighted by Crippen LogP contribution is 2.12. The molecule has 1 unspecified atom stereocenters. The van der Waals surface area contributed by atoms with Crippen LogP contribution in [0, 0.1) is 6.92 Å². The summed E-state index contributed by atoms with van der Waals surface area (Å²) in [6.07, 6.45) is 1.60. The zero-order valence-electron chi connectivity index (χ0n) is 11.8. The van der Waals surface area contributed by atoms with Gasteiger partial charge in [0.1, 0.15) is 6.04 Å². The van der Waals surface area contributed by atoms with E-state index in [-0.39, 0.29) is 11.9 Å². The van der Waals surface area contributed by atoms with Crippen molar-refractivity contribution in [2.24, 2.45) is 0 Å². The van der Waals surface area contributed by atoms with Crippen LogP contribution in [0.25, 0.3) is 0 Å². The number of nitrogens with zero attached hydrogens (tertiary/aromatic N) is 2. The van der Waals surface area contributed by atoms with Crippen LogP contribution >= 0.6 is 0 Å². The maximum absolute atomic E-state index is 12.5. The molecule has 1 amide bonds. The molecule has 1 aromatic rings. The monoisotopic (exact) mass is 277 g/mol. The number of ether oxygens (including phenoxy) is 1. The molecule has 20 heavy (non-hydrogen) atoms. The van der Waals surface area contributed by atoms with Gasteiger partial charge in [-0.3, -0.25) is 9.78 Å². The quantitative estimate of drug-likeness (QED) is 0.808. The Balaban J connectivity index is 2.19. The molecular formula is C14H19N3O3. The Bertz CT molecular complexity index is 504. The summed E-state index contributed by atoms with van der Waals surface area (Å²) in [5, 5.41) is 3.11. The van der Waals surface area contributed by atoms with Crippen molar-refractivity contribution in [1.82, 2.24) is 15.2 Å². The van der Waals surface area contributed by atoms with E-state index in [9.17, 15) is 9.59 Å². The number of amides is 1. The van der Waals surface area contributed by atoms with Crippen LogP contribution in [0.2, 0.25) is 0 Å². The molecule has 6 nitrogen and oxygen atoms in total. The third kappa shape index (κ3) is 3.14. The van der Waals surface area contributed by atoms with Gasteiger partial charge in [0, 0.05) is 37.1 Å². The molecule has 1 N–H and O–H groups in total. The fourth-order valence-corrected chi connectivity index (χ4v) is 2.24. The van der Waals surface area contributed by atoms with E-state index in [0.29, 0.717) is 31.8 Å². The second kappa shape index (κ2) is 6.47. The van der Waals surface area contributed by atoms with Gasteiger partial charge in [-0.2, -0.15) is 0 Å². The number of esters is 1. The topological polar surface area (TPSA) is 71.5 Å². The van der Waals surface area contributed by atoms with Gasteiger partial charge < -0.3 is 15.0 Å². The van der Waals surface area contributed by atoms with E-state index in [1.807, 2.05) is 6.92 Å². The van der Waals surface area contributed by atoms with Crippen LogP contribution in [0.4, 0.5) is 0 Å². The molecule has 0 spiro atoms. The zero-order valence-corrected chi connectivity index (χ0v) is 11.8. The van der Waals surface area contributed by atoms with Crippen molar-refractivity contribution in [2.45, 2.75) is 19.9 Å². The summed E-state index contributed by atoms with van der Waals surface area (Å²) in [4.78, 5) is 30.1. The Morgan fingerprint density at radius 2 is 2.35 bits per heavy atom. The molecule has 108 valence electrons. The molecule has 1 aliphatic heterocycles. The molecule has 1 fully saturated rings. The predicted octanol–water partition coefficient (Wildman–Crippen LogP) is 0.367. The highest BCUT2D eigenvalue weighted by molar-refractivity contribution is 5.97. The molecule has 6 heteroatoms. The van der Waals surface area contributed by atoms with E-state index in [1.54, 1.807) is 30.2 Å². The van der Waals surface area contributed by atoms with Crippen molar-refractivity contribution in [3.63, 3.8) is 0 Å². The summed E-state index contributed by atoms with van der Waals surface area (Å²) in [5.41, 5.74) is 1.33. The van der Waals surface area contributed by atoms with Crippen LogP contribution in [0.5, 0.6) is 0 Å². The minimum Gasteiger partial charge on any atom is -0.464 e. The second-order valence-corrected chi connectivity index (χ2v) is 4.66. The van der Waals surface area contributed by atoms with E-state index < -0.39 is 6.04 Å². The summed E-state index contributed by atoms with van der Waals surface area (Å²) in [6, 6.07) is 2.83. The van der Waals surface area contributed by atoms with Crippen molar-refractivity contribution < 1.29 is 14.3 Å². The first-order valence-electron chi connectivity index (χ1n) is 6.74. The number of carbonyl (C=O) groups excluding carboxylic acids is 2. The third-order valence-corrected chi connectivity index (χ3v) is 3.21. The predicted molar refractivity (Wildman–Crippen MR) is 73.3 cm³/mol.